The molecule has 1 saturated heterocycles. The van der Waals surface area contributed by atoms with E-state index in [0.29, 0.717) is 23.2 Å². The van der Waals surface area contributed by atoms with Crippen LogP contribution in [-0.4, -0.2) is 37.1 Å². The number of hydrogen-bond acceptors (Lipinski definition) is 4. The molecule has 0 bridgehead atoms. The van der Waals surface area contributed by atoms with E-state index in [1.165, 1.54) is 11.3 Å². The van der Waals surface area contributed by atoms with E-state index in [1.54, 1.807) is 11.0 Å². The van der Waals surface area contributed by atoms with E-state index in [-0.39, 0.29) is 4.88 Å². The molecule has 1 aromatic carbocycles. The van der Waals surface area contributed by atoms with Gasteiger partial charge < -0.3 is 15.3 Å². The Morgan fingerprint density at radius 1 is 1.21 bits per heavy atom. The van der Waals surface area contributed by atoms with Crippen molar-refractivity contribution in [3.05, 3.63) is 75.6 Å². The maximum Gasteiger partial charge on any atom is 0.348 e. The summed E-state index contributed by atoms with van der Waals surface area (Å²) in [7, 11) is 0. The number of nitrogens with one attached hydrogen (secondary N) is 1. The number of rotatable bonds is 8. The number of allylic oxidation sites excluding steroid dienone is 5. The molecule has 182 valence electrons. The molecule has 0 saturated carbocycles. The van der Waals surface area contributed by atoms with Gasteiger partial charge in [0.15, 0.2) is 0 Å². The second-order valence-electron chi connectivity index (χ2n) is 7.94. The molecule has 1 aromatic heterocycles. The molecule has 1 aliphatic heterocycles. The largest absolute Gasteiger partial charge is 0.477 e. The lowest BCUT2D eigenvalue weighted by Crippen LogP contribution is -2.36. The number of benzene rings is 1. The fourth-order valence-corrected chi connectivity index (χ4v) is 4.50. The van der Waals surface area contributed by atoms with Gasteiger partial charge in [-0.15, -0.1) is 11.3 Å². The summed E-state index contributed by atoms with van der Waals surface area (Å²) in [6.45, 7) is 9.71. The normalized spacial score (nSPS) is 14.7. The van der Waals surface area contributed by atoms with Crippen molar-refractivity contribution in [3.63, 3.8) is 0 Å². The third-order valence-electron chi connectivity index (χ3n) is 5.37. The van der Waals surface area contributed by atoms with Crippen LogP contribution in [0.5, 0.6) is 0 Å². The van der Waals surface area contributed by atoms with E-state index >= 15 is 0 Å². The van der Waals surface area contributed by atoms with Crippen molar-refractivity contribution in [3.8, 4) is 10.4 Å². The molecule has 2 N–H and O–H groups in total. The topological polar surface area (TPSA) is 69.6 Å². The van der Waals surface area contributed by atoms with Crippen molar-refractivity contribution in [2.75, 3.05) is 24.5 Å². The summed E-state index contributed by atoms with van der Waals surface area (Å²) in [6.07, 6.45) is 6.30. The lowest BCUT2D eigenvalue weighted by molar-refractivity contribution is -0.107. The summed E-state index contributed by atoms with van der Waals surface area (Å²) < 4.78 is 0. The van der Waals surface area contributed by atoms with Crippen molar-refractivity contribution < 1.29 is 14.7 Å². The zero-order chi connectivity index (χ0) is 25.1. The Morgan fingerprint density at radius 3 is 2.38 bits per heavy atom. The molecule has 0 unspecified atom stereocenters. The van der Waals surface area contributed by atoms with Gasteiger partial charge in [-0.05, 0) is 69.0 Å². The zero-order valence-electron chi connectivity index (χ0n) is 19.4. The maximum atomic E-state index is 11.6. The summed E-state index contributed by atoms with van der Waals surface area (Å²) in [5.41, 5.74) is 2.47. The minimum absolute atomic E-state index is 0.217. The fraction of sp³-hybridized carbons (Fsp3) is 0.308. The highest BCUT2D eigenvalue weighted by atomic mass is 35.5. The predicted molar refractivity (Wildman–Crippen MR) is 144 cm³/mol. The number of carboxylic acids is 1. The highest BCUT2D eigenvalue weighted by Gasteiger charge is 2.24. The molecule has 0 spiro atoms. The summed E-state index contributed by atoms with van der Waals surface area (Å²) in [4.78, 5) is 25.9. The molecule has 2 heterocycles. The van der Waals surface area contributed by atoms with Crippen LogP contribution in [0.4, 0.5) is 5.69 Å². The van der Waals surface area contributed by atoms with Crippen LogP contribution in [-0.2, 0) is 4.79 Å². The second-order valence-corrected chi connectivity index (χ2v) is 10.0. The van der Waals surface area contributed by atoms with Crippen LogP contribution < -0.4 is 10.2 Å². The molecule has 1 fully saturated rings. The van der Waals surface area contributed by atoms with Crippen molar-refractivity contribution in [1.82, 2.24) is 5.32 Å². The molecule has 34 heavy (non-hydrogen) atoms. The smallest absolute Gasteiger partial charge is 0.348 e. The first-order valence-corrected chi connectivity index (χ1v) is 12.5. The molecule has 0 aliphatic carbocycles. The first-order valence-electron chi connectivity index (χ1n) is 10.9. The average Bonchev–Trinajstić information content (AvgIpc) is 3.28. The number of hydrogen-bond donors (Lipinski definition) is 2. The number of amides is 1. The minimum atomic E-state index is -0.991. The van der Waals surface area contributed by atoms with Crippen molar-refractivity contribution in [2.45, 2.75) is 26.7 Å². The molecule has 0 atom stereocenters. The summed E-state index contributed by atoms with van der Waals surface area (Å²) in [5, 5.41) is 14.1. The lowest BCUT2D eigenvalue weighted by Gasteiger charge is -2.27. The quantitative estimate of drug-likeness (QED) is 0.293. The molecular weight excluding hydrogens is 491 g/mol. The third kappa shape index (κ3) is 8.76. The molecule has 1 aliphatic rings. The first kappa shape index (κ1) is 27.9. The molecule has 2 aromatic rings. The van der Waals surface area contributed by atoms with Gasteiger partial charge in [-0.25, -0.2) is 4.79 Å². The molecule has 1 amide bonds. The van der Waals surface area contributed by atoms with Gasteiger partial charge in [-0.3, -0.25) is 4.79 Å². The monoisotopic (exact) mass is 520 g/mol. The number of carbonyl (C=O) groups excluding carboxylic acids is 1. The Bertz CT molecular complexity index is 1040. The third-order valence-corrected chi connectivity index (χ3v) is 6.96. The number of halogens is 2. The Labute approximate surface area is 215 Å². The minimum Gasteiger partial charge on any atom is -0.477 e. The second kappa shape index (κ2) is 14.1. The van der Waals surface area contributed by atoms with Gasteiger partial charge in [0.25, 0.3) is 0 Å². The first-order chi connectivity index (χ1) is 16.2. The van der Waals surface area contributed by atoms with Crippen LogP contribution in [0.25, 0.3) is 10.4 Å². The van der Waals surface area contributed by atoms with E-state index in [4.69, 9.17) is 23.2 Å². The van der Waals surface area contributed by atoms with Gasteiger partial charge >= 0.3 is 5.97 Å². The van der Waals surface area contributed by atoms with Gasteiger partial charge in [0.2, 0.25) is 6.41 Å². The molecule has 8 heteroatoms. The Morgan fingerprint density at radius 2 is 1.85 bits per heavy atom. The number of aromatic carboxylic acids is 1. The van der Waals surface area contributed by atoms with E-state index in [2.05, 4.69) is 11.9 Å². The van der Waals surface area contributed by atoms with Crippen molar-refractivity contribution in [1.29, 1.82) is 0 Å². The highest BCUT2D eigenvalue weighted by molar-refractivity contribution is 7.18. The molecular formula is C26H30Cl2N2O3S. The van der Waals surface area contributed by atoms with E-state index in [9.17, 15) is 14.7 Å². The van der Waals surface area contributed by atoms with Gasteiger partial charge in [-0.1, -0.05) is 66.2 Å². The van der Waals surface area contributed by atoms with E-state index in [1.807, 2.05) is 56.3 Å². The van der Waals surface area contributed by atoms with Crippen molar-refractivity contribution >= 4 is 52.6 Å². The molecule has 3 rings (SSSR count). The van der Waals surface area contributed by atoms with Crippen LogP contribution >= 0.6 is 34.5 Å². The average molecular weight is 522 g/mol. The Kier molecular flexibility index (Phi) is 11.6. The number of piperidine rings is 1. The van der Waals surface area contributed by atoms with Crippen molar-refractivity contribution in [2.24, 2.45) is 5.92 Å². The number of nitrogens with zero attached hydrogens (tertiary/aromatic N) is 1. The van der Waals surface area contributed by atoms with Gasteiger partial charge in [0, 0.05) is 21.5 Å². The predicted octanol–water partition coefficient (Wildman–Crippen LogP) is 6.90. The van der Waals surface area contributed by atoms with Crippen LogP contribution in [0.3, 0.4) is 0 Å². The lowest BCUT2D eigenvalue weighted by atomic mass is 9.97. The zero-order valence-corrected chi connectivity index (χ0v) is 21.7. The fourth-order valence-electron chi connectivity index (χ4n) is 3.36. The van der Waals surface area contributed by atoms with Crippen LogP contribution in [0, 0.1) is 5.92 Å². The van der Waals surface area contributed by atoms with Gasteiger partial charge in [0.1, 0.15) is 4.88 Å². The van der Waals surface area contributed by atoms with E-state index in [0.717, 1.165) is 53.4 Å². The highest BCUT2D eigenvalue weighted by Crippen LogP contribution is 2.37. The molecule has 5 nitrogen and oxygen atoms in total. The number of anilines is 1. The Balaban J connectivity index is 0.000000347. The standard InChI is InChI=1S/C18H20N2O3S.C8H10Cl2/c21-12-20(11-13-6-8-19-9-7-13)15-10-16(24-17(15)18(22)23)14-4-2-1-3-5-14;1-6(8(3)10)4-5-7(2)9/h1-5,10,12-13,19H,6-9,11H2,(H,22,23);4-5H,2H2,1,3H3/b;5-4-,8-6+. The number of thiophene rings is 1. The van der Waals surface area contributed by atoms with Crippen LogP contribution in [0.1, 0.15) is 36.4 Å². The van der Waals surface area contributed by atoms with Crippen LogP contribution in [0.2, 0.25) is 0 Å². The Hall–Kier alpha value is -2.38. The SMILES string of the molecule is C=C(Cl)/C=C\C(C)=C(/C)Cl.O=CN(CC1CCNCC1)c1cc(-c2ccccc2)sc1C(=O)O. The number of carboxylic acid groups (broad SMARTS) is 1. The van der Waals surface area contributed by atoms with Gasteiger partial charge in [0.05, 0.1) is 5.69 Å². The van der Waals surface area contributed by atoms with E-state index < -0.39 is 5.97 Å². The summed E-state index contributed by atoms with van der Waals surface area (Å²) >= 11 is 12.4. The maximum absolute atomic E-state index is 11.6. The summed E-state index contributed by atoms with van der Waals surface area (Å²) in [6, 6.07) is 11.5. The van der Waals surface area contributed by atoms with Gasteiger partial charge in [-0.2, -0.15) is 0 Å². The molecule has 0 radical (unpaired) electrons. The van der Waals surface area contributed by atoms with Crippen LogP contribution in [0.15, 0.2) is 70.8 Å². The number of carbonyl (C=O) groups is 2. The summed E-state index contributed by atoms with van der Waals surface area (Å²) in [5.74, 6) is -0.590.